The molecule has 3 nitrogen and oxygen atoms in total. The van der Waals surface area contributed by atoms with E-state index in [0.29, 0.717) is 12.2 Å². The Bertz CT molecular complexity index is 661. The molecule has 1 atom stereocenters. The minimum Gasteiger partial charge on any atom is -0.397 e. The van der Waals surface area contributed by atoms with E-state index in [9.17, 15) is 4.79 Å². The molecule has 20 heavy (non-hydrogen) atoms. The van der Waals surface area contributed by atoms with Gasteiger partial charge in [-0.3, -0.25) is 4.79 Å². The van der Waals surface area contributed by atoms with Crippen molar-refractivity contribution in [2.24, 2.45) is 0 Å². The Morgan fingerprint density at radius 2 is 1.85 bits per heavy atom. The fraction of sp³-hybridized carbons (Fsp3) is 0.235. The highest BCUT2D eigenvalue weighted by atomic mass is 16.2. The number of para-hydroxylation sites is 1. The fourth-order valence-electron chi connectivity index (χ4n) is 2.75. The number of carbonyl (C=O) groups excluding carboxylic acids is 1. The van der Waals surface area contributed by atoms with E-state index < -0.39 is 0 Å². The molecule has 1 heterocycles. The molecule has 0 saturated heterocycles. The van der Waals surface area contributed by atoms with Gasteiger partial charge in [0.2, 0.25) is 5.91 Å². The van der Waals surface area contributed by atoms with Crippen LogP contribution in [0.1, 0.15) is 29.5 Å². The first-order chi connectivity index (χ1) is 9.58. The van der Waals surface area contributed by atoms with Gasteiger partial charge >= 0.3 is 0 Å². The summed E-state index contributed by atoms with van der Waals surface area (Å²) in [5.41, 5.74) is 11.0. The number of nitrogens with two attached hydrogens (primary N) is 1. The Kier molecular flexibility index (Phi) is 2.97. The molecular weight excluding hydrogens is 248 g/mol. The number of benzene rings is 2. The van der Waals surface area contributed by atoms with E-state index in [4.69, 9.17) is 5.73 Å². The molecule has 1 aliphatic heterocycles. The average molecular weight is 266 g/mol. The summed E-state index contributed by atoms with van der Waals surface area (Å²) < 4.78 is 0. The standard InChI is InChI=1S/C17H18N2O/c1-11-6-8-13(9-7-11)10-19-16-14(12(2)17(19)20)4-3-5-15(16)18/h3-9,12H,10,18H2,1-2H3. The van der Waals surface area contributed by atoms with E-state index in [1.54, 1.807) is 4.90 Å². The zero-order chi connectivity index (χ0) is 14.3. The Morgan fingerprint density at radius 3 is 2.55 bits per heavy atom. The highest BCUT2D eigenvalue weighted by Crippen LogP contribution is 2.41. The van der Waals surface area contributed by atoms with E-state index >= 15 is 0 Å². The number of amides is 1. The molecule has 2 aromatic rings. The van der Waals surface area contributed by atoms with Crippen molar-refractivity contribution >= 4 is 17.3 Å². The summed E-state index contributed by atoms with van der Waals surface area (Å²) in [6.07, 6.45) is 0. The zero-order valence-electron chi connectivity index (χ0n) is 11.8. The monoisotopic (exact) mass is 266 g/mol. The number of aryl methyl sites for hydroxylation is 1. The lowest BCUT2D eigenvalue weighted by molar-refractivity contribution is -0.119. The van der Waals surface area contributed by atoms with Crippen LogP contribution >= 0.6 is 0 Å². The summed E-state index contributed by atoms with van der Waals surface area (Å²) in [4.78, 5) is 14.3. The topological polar surface area (TPSA) is 46.3 Å². The molecule has 1 unspecified atom stereocenters. The molecule has 0 aliphatic carbocycles. The lowest BCUT2D eigenvalue weighted by Gasteiger charge is -2.19. The van der Waals surface area contributed by atoms with Gasteiger partial charge in [0, 0.05) is 0 Å². The molecule has 0 saturated carbocycles. The third-order valence-electron chi connectivity index (χ3n) is 3.93. The van der Waals surface area contributed by atoms with E-state index in [-0.39, 0.29) is 11.8 Å². The van der Waals surface area contributed by atoms with Crippen LogP contribution < -0.4 is 10.6 Å². The first kappa shape index (κ1) is 12.7. The van der Waals surface area contributed by atoms with Crippen LogP contribution in [0, 0.1) is 6.92 Å². The summed E-state index contributed by atoms with van der Waals surface area (Å²) in [6, 6.07) is 14.0. The van der Waals surface area contributed by atoms with Crippen molar-refractivity contribution < 1.29 is 4.79 Å². The SMILES string of the molecule is Cc1ccc(CN2C(=O)C(C)c3cccc(N)c32)cc1. The van der Waals surface area contributed by atoms with Gasteiger partial charge in [-0.25, -0.2) is 0 Å². The summed E-state index contributed by atoms with van der Waals surface area (Å²) in [6.45, 7) is 4.57. The average Bonchev–Trinajstić information content (AvgIpc) is 2.68. The van der Waals surface area contributed by atoms with Crippen molar-refractivity contribution in [2.45, 2.75) is 26.3 Å². The van der Waals surface area contributed by atoms with E-state index in [1.165, 1.54) is 5.56 Å². The van der Waals surface area contributed by atoms with Crippen LogP contribution in [0.2, 0.25) is 0 Å². The van der Waals surface area contributed by atoms with Gasteiger partial charge in [0.1, 0.15) is 0 Å². The lowest BCUT2D eigenvalue weighted by atomic mass is 10.0. The summed E-state index contributed by atoms with van der Waals surface area (Å²) >= 11 is 0. The molecule has 0 aromatic heterocycles. The molecule has 3 rings (SSSR count). The van der Waals surface area contributed by atoms with Crippen molar-refractivity contribution in [3.8, 4) is 0 Å². The Labute approximate surface area is 119 Å². The van der Waals surface area contributed by atoms with Gasteiger partial charge in [-0.1, -0.05) is 42.0 Å². The molecule has 0 bridgehead atoms. The molecule has 1 aliphatic rings. The quantitative estimate of drug-likeness (QED) is 0.848. The van der Waals surface area contributed by atoms with Gasteiger partial charge in [0.15, 0.2) is 0 Å². The highest BCUT2D eigenvalue weighted by Gasteiger charge is 2.35. The minimum absolute atomic E-state index is 0.112. The predicted molar refractivity (Wildman–Crippen MR) is 81.6 cm³/mol. The number of anilines is 2. The molecule has 3 heteroatoms. The second kappa shape index (κ2) is 4.67. The third kappa shape index (κ3) is 1.95. The maximum absolute atomic E-state index is 12.5. The number of nitrogens with zero attached hydrogens (tertiary/aromatic N) is 1. The summed E-state index contributed by atoms with van der Waals surface area (Å²) in [5.74, 6) is 0.0115. The number of hydrogen-bond donors (Lipinski definition) is 1. The molecular formula is C17H18N2O. The molecule has 1 amide bonds. The first-order valence-electron chi connectivity index (χ1n) is 6.83. The van der Waals surface area contributed by atoms with Crippen molar-refractivity contribution in [3.05, 3.63) is 59.2 Å². The van der Waals surface area contributed by atoms with Gasteiger partial charge in [-0.15, -0.1) is 0 Å². The molecule has 2 aromatic carbocycles. The third-order valence-corrected chi connectivity index (χ3v) is 3.93. The molecule has 2 N–H and O–H groups in total. The van der Waals surface area contributed by atoms with Crippen molar-refractivity contribution in [3.63, 3.8) is 0 Å². The predicted octanol–water partition coefficient (Wildman–Crippen LogP) is 3.23. The number of carbonyl (C=O) groups is 1. The number of rotatable bonds is 2. The van der Waals surface area contributed by atoms with Gasteiger partial charge < -0.3 is 10.6 Å². The maximum atomic E-state index is 12.5. The van der Waals surface area contributed by atoms with Gasteiger partial charge in [-0.2, -0.15) is 0 Å². The molecule has 102 valence electrons. The van der Waals surface area contributed by atoms with Crippen LogP contribution in [-0.4, -0.2) is 5.91 Å². The van der Waals surface area contributed by atoms with E-state index in [2.05, 4.69) is 31.2 Å². The smallest absolute Gasteiger partial charge is 0.234 e. The van der Waals surface area contributed by atoms with Crippen LogP contribution in [0.25, 0.3) is 0 Å². The Hall–Kier alpha value is -2.29. The van der Waals surface area contributed by atoms with Crippen molar-refractivity contribution in [1.29, 1.82) is 0 Å². The Balaban J connectivity index is 1.99. The fourth-order valence-corrected chi connectivity index (χ4v) is 2.75. The van der Waals surface area contributed by atoms with Crippen LogP contribution in [0.5, 0.6) is 0 Å². The van der Waals surface area contributed by atoms with E-state index in [0.717, 1.165) is 16.8 Å². The summed E-state index contributed by atoms with van der Waals surface area (Å²) in [7, 11) is 0. The van der Waals surface area contributed by atoms with Crippen molar-refractivity contribution in [2.75, 3.05) is 10.6 Å². The molecule has 0 radical (unpaired) electrons. The lowest BCUT2D eigenvalue weighted by Crippen LogP contribution is -2.27. The first-order valence-corrected chi connectivity index (χ1v) is 6.83. The highest BCUT2D eigenvalue weighted by molar-refractivity contribution is 6.07. The van der Waals surface area contributed by atoms with Crippen LogP contribution in [0.3, 0.4) is 0 Å². The normalized spacial score (nSPS) is 17.4. The van der Waals surface area contributed by atoms with Gasteiger partial charge in [-0.05, 0) is 31.0 Å². The van der Waals surface area contributed by atoms with Crippen LogP contribution in [0.15, 0.2) is 42.5 Å². The maximum Gasteiger partial charge on any atom is 0.234 e. The second-order valence-electron chi connectivity index (χ2n) is 5.42. The van der Waals surface area contributed by atoms with Gasteiger partial charge in [0.25, 0.3) is 0 Å². The number of hydrogen-bond acceptors (Lipinski definition) is 2. The molecule has 0 fully saturated rings. The van der Waals surface area contributed by atoms with Crippen molar-refractivity contribution in [1.82, 2.24) is 0 Å². The number of fused-ring (bicyclic) bond motifs is 1. The van der Waals surface area contributed by atoms with Crippen LogP contribution in [0.4, 0.5) is 11.4 Å². The number of nitrogen functional groups attached to an aromatic ring is 1. The largest absolute Gasteiger partial charge is 0.397 e. The van der Waals surface area contributed by atoms with Crippen LogP contribution in [-0.2, 0) is 11.3 Å². The van der Waals surface area contributed by atoms with Gasteiger partial charge in [0.05, 0.1) is 23.8 Å². The second-order valence-corrected chi connectivity index (χ2v) is 5.42. The minimum atomic E-state index is -0.112. The molecule has 0 spiro atoms. The summed E-state index contributed by atoms with van der Waals surface area (Å²) in [5, 5.41) is 0. The Morgan fingerprint density at radius 1 is 1.15 bits per heavy atom. The zero-order valence-corrected chi connectivity index (χ0v) is 11.8. The van der Waals surface area contributed by atoms with E-state index in [1.807, 2.05) is 25.1 Å².